The lowest BCUT2D eigenvalue weighted by Crippen LogP contribution is -2.38. The number of ether oxygens (including phenoxy) is 3. The van der Waals surface area contributed by atoms with E-state index in [9.17, 15) is 4.79 Å². The van der Waals surface area contributed by atoms with Crippen LogP contribution < -0.4 is 14.8 Å². The van der Waals surface area contributed by atoms with Crippen molar-refractivity contribution >= 4 is 16.9 Å². The van der Waals surface area contributed by atoms with Gasteiger partial charge in [-0.2, -0.15) is 0 Å². The van der Waals surface area contributed by atoms with Crippen LogP contribution in [0.1, 0.15) is 31.1 Å². The number of aromatic amines is 1. The van der Waals surface area contributed by atoms with Crippen molar-refractivity contribution in [2.45, 2.75) is 32.9 Å². The number of para-hydroxylation sites is 1. The smallest absolute Gasteiger partial charge is 0.342 e. The van der Waals surface area contributed by atoms with Crippen molar-refractivity contribution in [2.24, 2.45) is 0 Å². The summed E-state index contributed by atoms with van der Waals surface area (Å²) in [7, 11) is 0. The van der Waals surface area contributed by atoms with Crippen LogP contribution in [0.2, 0.25) is 0 Å². The summed E-state index contributed by atoms with van der Waals surface area (Å²) in [6, 6.07) is 15.2. The Morgan fingerprint density at radius 1 is 1.03 bits per heavy atom. The fourth-order valence-corrected chi connectivity index (χ4v) is 3.00. The Morgan fingerprint density at radius 2 is 1.83 bits per heavy atom. The summed E-state index contributed by atoms with van der Waals surface area (Å²) in [5, 5.41) is 4.31. The van der Waals surface area contributed by atoms with Gasteiger partial charge in [-0.25, -0.2) is 4.79 Å². The van der Waals surface area contributed by atoms with Gasteiger partial charge in [-0.15, -0.1) is 0 Å². The maximum Gasteiger partial charge on any atom is 0.342 e. The highest BCUT2D eigenvalue weighted by Gasteiger charge is 2.20. The molecule has 0 spiro atoms. The molecule has 0 amide bonds. The van der Waals surface area contributed by atoms with E-state index in [4.69, 9.17) is 14.2 Å². The van der Waals surface area contributed by atoms with Gasteiger partial charge in [-0.05, 0) is 37.3 Å². The first-order valence-corrected chi connectivity index (χ1v) is 9.93. The highest BCUT2D eigenvalue weighted by Crippen LogP contribution is 2.25. The maximum absolute atomic E-state index is 12.8. The highest BCUT2D eigenvalue weighted by atomic mass is 16.6. The first kappa shape index (κ1) is 20.7. The van der Waals surface area contributed by atoms with Gasteiger partial charge in [0.1, 0.15) is 29.8 Å². The molecule has 3 rings (SSSR count). The van der Waals surface area contributed by atoms with Crippen molar-refractivity contribution in [1.29, 1.82) is 0 Å². The van der Waals surface area contributed by atoms with E-state index < -0.39 is 12.1 Å². The zero-order chi connectivity index (χ0) is 20.6. The monoisotopic (exact) mass is 396 g/mol. The number of esters is 1. The van der Waals surface area contributed by atoms with Crippen LogP contribution in [0.4, 0.5) is 0 Å². The van der Waals surface area contributed by atoms with E-state index in [2.05, 4.69) is 10.3 Å². The molecule has 2 N–H and O–H groups in total. The van der Waals surface area contributed by atoms with Crippen molar-refractivity contribution in [3.05, 3.63) is 60.3 Å². The fraction of sp³-hybridized carbons (Fsp3) is 0.348. The van der Waals surface area contributed by atoms with Crippen LogP contribution in [0.15, 0.2) is 54.7 Å². The van der Waals surface area contributed by atoms with Crippen LogP contribution in [-0.4, -0.2) is 42.9 Å². The van der Waals surface area contributed by atoms with E-state index >= 15 is 0 Å². The molecule has 1 heterocycles. The minimum atomic E-state index is -0.450. The Hall–Kier alpha value is -2.99. The molecule has 3 aromatic rings. The molecule has 0 saturated carbocycles. The van der Waals surface area contributed by atoms with Crippen molar-refractivity contribution in [2.75, 3.05) is 19.8 Å². The molecule has 0 bridgehead atoms. The Morgan fingerprint density at radius 3 is 2.62 bits per heavy atom. The molecular formula is C23H28N2O4. The maximum atomic E-state index is 12.8. The molecule has 1 unspecified atom stereocenters. The summed E-state index contributed by atoms with van der Waals surface area (Å²) in [4.78, 5) is 16.0. The lowest BCUT2D eigenvalue weighted by molar-refractivity contribution is 0.0171. The third-order valence-corrected chi connectivity index (χ3v) is 4.41. The summed E-state index contributed by atoms with van der Waals surface area (Å²) in [6.07, 6.45) is 1.42. The topological polar surface area (TPSA) is 72.6 Å². The predicted octanol–water partition coefficient (Wildman–Crippen LogP) is 4.17. The number of nitrogens with one attached hydrogen (secondary N) is 2. The molecule has 0 aliphatic heterocycles. The Balaban J connectivity index is 1.71. The molecule has 0 fully saturated rings. The first-order chi connectivity index (χ1) is 14.1. The van der Waals surface area contributed by atoms with Gasteiger partial charge in [0.05, 0.1) is 6.61 Å². The summed E-state index contributed by atoms with van der Waals surface area (Å²) in [5.41, 5.74) is 1.42. The molecule has 0 radical (unpaired) electrons. The minimum absolute atomic E-state index is 0.243. The van der Waals surface area contributed by atoms with Gasteiger partial charge in [0, 0.05) is 29.7 Å². The lowest BCUT2D eigenvalue weighted by atomic mass is 10.2. The number of rotatable bonds is 10. The van der Waals surface area contributed by atoms with Crippen LogP contribution in [0.3, 0.4) is 0 Å². The van der Waals surface area contributed by atoms with Crippen LogP contribution in [0.25, 0.3) is 10.9 Å². The number of benzene rings is 2. The quantitative estimate of drug-likeness (QED) is 0.503. The lowest BCUT2D eigenvalue weighted by Gasteiger charge is -2.21. The second-order valence-corrected chi connectivity index (χ2v) is 7.03. The van der Waals surface area contributed by atoms with E-state index in [0.717, 1.165) is 16.7 Å². The summed E-state index contributed by atoms with van der Waals surface area (Å²) >= 11 is 0. The second kappa shape index (κ2) is 9.98. The molecule has 6 nitrogen and oxygen atoms in total. The number of H-pyrrole nitrogens is 1. The first-order valence-electron chi connectivity index (χ1n) is 9.93. The number of hydrogen-bond donors (Lipinski definition) is 2. The molecule has 0 aliphatic rings. The molecule has 0 saturated heterocycles. The standard InChI is InChI=1S/C23H28N2O4/c1-4-27-22-10-6-5-8-19(22)23(26)29-17(14-25-16(2)3)15-28-21-11-7-9-20-18(21)12-13-24-20/h5-13,16-17,24-25H,4,14-15H2,1-3H3. The third-order valence-electron chi connectivity index (χ3n) is 4.41. The van der Waals surface area contributed by atoms with E-state index in [1.54, 1.807) is 18.2 Å². The van der Waals surface area contributed by atoms with Crippen molar-refractivity contribution in [3.63, 3.8) is 0 Å². The van der Waals surface area contributed by atoms with Gasteiger partial charge in [-0.3, -0.25) is 0 Å². The molecule has 0 aliphatic carbocycles. The number of carbonyl (C=O) groups is 1. The number of hydrogen-bond acceptors (Lipinski definition) is 5. The third kappa shape index (κ3) is 5.51. The largest absolute Gasteiger partial charge is 0.493 e. The van der Waals surface area contributed by atoms with Gasteiger partial charge >= 0.3 is 5.97 Å². The summed E-state index contributed by atoms with van der Waals surface area (Å²) in [5.74, 6) is 0.852. The zero-order valence-electron chi connectivity index (χ0n) is 17.1. The molecule has 29 heavy (non-hydrogen) atoms. The van der Waals surface area contributed by atoms with Crippen molar-refractivity contribution < 1.29 is 19.0 Å². The Bertz CT molecular complexity index is 935. The molecule has 1 atom stereocenters. The predicted molar refractivity (Wildman–Crippen MR) is 114 cm³/mol. The zero-order valence-corrected chi connectivity index (χ0v) is 17.1. The average Bonchev–Trinajstić information content (AvgIpc) is 3.20. The molecule has 6 heteroatoms. The molecule has 154 valence electrons. The minimum Gasteiger partial charge on any atom is -0.493 e. The summed E-state index contributed by atoms with van der Waals surface area (Å²) < 4.78 is 17.3. The average molecular weight is 396 g/mol. The van der Waals surface area contributed by atoms with Gasteiger partial charge in [0.2, 0.25) is 0 Å². The molecule has 2 aromatic carbocycles. The van der Waals surface area contributed by atoms with Crippen LogP contribution in [0, 0.1) is 0 Å². The van der Waals surface area contributed by atoms with Gasteiger partial charge in [0.25, 0.3) is 0 Å². The van der Waals surface area contributed by atoms with Gasteiger partial charge in [-0.1, -0.05) is 32.0 Å². The Labute approximate surface area is 171 Å². The fourth-order valence-electron chi connectivity index (χ4n) is 3.00. The van der Waals surface area contributed by atoms with Gasteiger partial charge in [0.15, 0.2) is 0 Å². The Kier molecular flexibility index (Phi) is 7.14. The number of fused-ring (bicyclic) bond motifs is 1. The van der Waals surface area contributed by atoms with Crippen LogP contribution >= 0.6 is 0 Å². The second-order valence-electron chi connectivity index (χ2n) is 7.03. The molecule has 1 aromatic heterocycles. The van der Waals surface area contributed by atoms with Crippen molar-refractivity contribution in [3.8, 4) is 11.5 Å². The summed E-state index contributed by atoms with van der Waals surface area (Å²) in [6.45, 7) is 7.19. The SMILES string of the molecule is CCOc1ccccc1C(=O)OC(CNC(C)C)COc1cccc2[nH]ccc12. The van der Waals surface area contributed by atoms with Gasteiger partial charge < -0.3 is 24.5 Å². The number of carbonyl (C=O) groups excluding carboxylic acids is 1. The van der Waals surface area contributed by atoms with E-state index in [1.165, 1.54) is 0 Å². The number of aromatic nitrogens is 1. The van der Waals surface area contributed by atoms with Crippen LogP contribution in [0.5, 0.6) is 11.5 Å². The van der Waals surface area contributed by atoms with E-state index in [-0.39, 0.29) is 12.6 Å². The highest BCUT2D eigenvalue weighted by molar-refractivity contribution is 5.92. The van der Waals surface area contributed by atoms with E-state index in [0.29, 0.717) is 24.5 Å². The van der Waals surface area contributed by atoms with Crippen molar-refractivity contribution in [1.82, 2.24) is 10.3 Å². The van der Waals surface area contributed by atoms with Crippen LogP contribution in [-0.2, 0) is 4.74 Å². The normalized spacial score (nSPS) is 12.1. The molecular weight excluding hydrogens is 368 g/mol. The van der Waals surface area contributed by atoms with E-state index in [1.807, 2.05) is 57.3 Å².